The number of rotatable bonds is 2. The minimum atomic E-state index is -1.30. The smallest absolute Gasteiger partial charge is 0.336 e. The van der Waals surface area contributed by atoms with Crippen molar-refractivity contribution in [2.24, 2.45) is 0 Å². The van der Waals surface area contributed by atoms with Crippen molar-refractivity contribution in [3.05, 3.63) is 69.9 Å². The lowest BCUT2D eigenvalue weighted by atomic mass is 9.90. The summed E-state index contributed by atoms with van der Waals surface area (Å²) < 4.78 is 33.6. The van der Waals surface area contributed by atoms with Gasteiger partial charge in [-0.25, -0.2) is 13.6 Å². The van der Waals surface area contributed by atoms with Gasteiger partial charge < -0.3 is 20.4 Å². The number of aromatic hydroxyl groups is 1. The monoisotopic (exact) mass is 383 g/mol. The summed E-state index contributed by atoms with van der Waals surface area (Å²) >= 11 is 0. The fourth-order valence-corrected chi connectivity index (χ4v) is 3.15. The van der Waals surface area contributed by atoms with Gasteiger partial charge in [-0.1, -0.05) is 6.07 Å². The number of nitrogen functional groups attached to an aromatic ring is 1. The number of nitrogens with two attached hydrogens (primary N) is 1. The average molecular weight is 383 g/mol. The lowest BCUT2D eigenvalue weighted by molar-refractivity contribution is 0.0698. The molecule has 0 unspecified atom stereocenters. The Balaban J connectivity index is 2.26. The summed E-state index contributed by atoms with van der Waals surface area (Å²) in [6, 6.07) is 7.83. The van der Waals surface area contributed by atoms with Crippen molar-refractivity contribution in [2.45, 2.75) is 0 Å². The minimum Gasteiger partial charge on any atom is -0.505 e. The van der Waals surface area contributed by atoms with Gasteiger partial charge in [0.25, 0.3) is 0 Å². The zero-order valence-electron chi connectivity index (χ0n) is 14.0. The molecule has 4 rings (SSSR count). The molecule has 140 valence electrons. The van der Waals surface area contributed by atoms with Crippen LogP contribution in [-0.2, 0) is 0 Å². The maximum Gasteiger partial charge on any atom is 0.336 e. The number of carbonyl (C=O) groups is 1. The Morgan fingerprint density at radius 1 is 1.00 bits per heavy atom. The molecule has 2 aromatic rings. The molecule has 6 nitrogen and oxygen atoms in total. The van der Waals surface area contributed by atoms with E-state index in [1.807, 2.05) is 0 Å². The van der Waals surface area contributed by atoms with E-state index in [4.69, 9.17) is 10.2 Å². The van der Waals surface area contributed by atoms with Crippen LogP contribution in [0.1, 0.15) is 10.4 Å². The minimum absolute atomic E-state index is 0.0134. The first-order valence-electron chi connectivity index (χ1n) is 7.98. The van der Waals surface area contributed by atoms with Gasteiger partial charge in [0, 0.05) is 34.3 Å². The molecule has 1 aliphatic heterocycles. The number of hydrogen-bond donors (Lipinski definition) is 3. The van der Waals surface area contributed by atoms with E-state index in [0.29, 0.717) is 0 Å². The third kappa shape index (κ3) is 2.62. The number of phenols is 1. The van der Waals surface area contributed by atoms with Crippen LogP contribution in [0.3, 0.4) is 0 Å². The molecule has 0 saturated heterocycles. The topological polar surface area (TPSA) is 114 Å². The SMILES string of the molecule is Nc1ccc(-c2c3cc(F)c(=O)cc-3oc3cc(O)c(F)cc23)c(C(=O)O)c1. The van der Waals surface area contributed by atoms with E-state index < -0.39 is 28.8 Å². The predicted octanol–water partition coefficient (Wildman–Crippen LogP) is 3.83. The number of anilines is 1. The van der Waals surface area contributed by atoms with Crippen LogP contribution >= 0.6 is 0 Å². The van der Waals surface area contributed by atoms with Crippen LogP contribution in [0.25, 0.3) is 33.4 Å². The Morgan fingerprint density at radius 3 is 2.46 bits per heavy atom. The predicted molar refractivity (Wildman–Crippen MR) is 97.5 cm³/mol. The average Bonchev–Trinajstić information content (AvgIpc) is 2.63. The lowest BCUT2D eigenvalue weighted by Crippen LogP contribution is -2.08. The quantitative estimate of drug-likeness (QED) is 0.358. The first kappa shape index (κ1) is 17.5. The second kappa shape index (κ2) is 6.05. The van der Waals surface area contributed by atoms with Crippen molar-refractivity contribution in [1.82, 2.24) is 0 Å². The summed E-state index contributed by atoms with van der Waals surface area (Å²) in [6.45, 7) is 0. The van der Waals surface area contributed by atoms with E-state index in [0.717, 1.165) is 24.3 Å². The Hall–Kier alpha value is -3.94. The Morgan fingerprint density at radius 2 is 1.75 bits per heavy atom. The number of carboxylic acid groups (broad SMARTS) is 1. The van der Waals surface area contributed by atoms with Gasteiger partial charge in [0.05, 0.1) is 5.56 Å². The molecule has 0 fully saturated rings. The molecule has 4 N–H and O–H groups in total. The third-order valence-corrected chi connectivity index (χ3v) is 4.39. The number of hydrogen-bond acceptors (Lipinski definition) is 5. The third-order valence-electron chi connectivity index (χ3n) is 4.39. The Bertz CT molecular complexity index is 1310. The Kier molecular flexibility index (Phi) is 3.78. The maximum absolute atomic E-state index is 14.1. The molecular formula is C20H11F2NO5. The molecule has 1 aliphatic carbocycles. The molecule has 0 radical (unpaired) electrons. The van der Waals surface area contributed by atoms with Crippen molar-refractivity contribution >= 4 is 22.6 Å². The van der Waals surface area contributed by atoms with Crippen LogP contribution in [0.15, 0.2) is 51.7 Å². The van der Waals surface area contributed by atoms with Gasteiger partial charge in [0.2, 0.25) is 5.43 Å². The summed E-state index contributed by atoms with van der Waals surface area (Å²) in [4.78, 5) is 23.4. The first-order valence-corrected chi connectivity index (χ1v) is 7.98. The summed E-state index contributed by atoms with van der Waals surface area (Å²) in [6.07, 6.45) is 0. The van der Waals surface area contributed by atoms with Crippen LogP contribution in [0.4, 0.5) is 14.5 Å². The van der Waals surface area contributed by atoms with Crippen LogP contribution in [0, 0.1) is 11.6 Å². The van der Waals surface area contributed by atoms with Crippen LogP contribution in [-0.4, -0.2) is 16.2 Å². The van der Waals surface area contributed by atoms with E-state index in [1.165, 1.54) is 18.2 Å². The Labute approximate surface area is 155 Å². The van der Waals surface area contributed by atoms with E-state index in [1.54, 1.807) is 0 Å². The number of carboxylic acids is 1. The fraction of sp³-hybridized carbons (Fsp3) is 0. The molecule has 0 spiro atoms. The largest absolute Gasteiger partial charge is 0.505 e. The van der Waals surface area contributed by atoms with E-state index in [9.17, 15) is 28.6 Å². The van der Waals surface area contributed by atoms with Crippen LogP contribution < -0.4 is 11.2 Å². The zero-order chi connectivity index (χ0) is 20.2. The van der Waals surface area contributed by atoms with Gasteiger partial charge in [-0.05, 0) is 29.8 Å². The van der Waals surface area contributed by atoms with Crippen molar-refractivity contribution < 1.29 is 28.2 Å². The molecule has 1 heterocycles. The van der Waals surface area contributed by atoms with Crippen LogP contribution in [0.5, 0.6) is 5.75 Å². The molecule has 28 heavy (non-hydrogen) atoms. The lowest BCUT2D eigenvalue weighted by Gasteiger charge is -2.17. The fourth-order valence-electron chi connectivity index (χ4n) is 3.15. The van der Waals surface area contributed by atoms with E-state index in [2.05, 4.69) is 0 Å². The van der Waals surface area contributed by atoms with E-state index >= 15 is 0 Å². The molecule has 0 atom stereocenters. The first-order chi connectivity index (χ1) is 13.3. The molecular weight excluding hydrogens is 372 g/mol. The molecule has 0 saturated carbocycles. The van der Waals surface area contributed by atoms with Gasteiger partial charge in [-0.15, -0.1) is 0 Å². The highest BCUT2D eigenvalue weighted by Crippen LogP contribution is 2.43. The zero-order valence-corrected chi connectivity index (χ0v) is 14.0. The summed E-state index contributed by atoms with van der Waals surface area (Å²) in [7, 11) is 0. The molecule has 0 aromatic heterocycles. The van der Waals surface area contributed by atoms with E-state index in [-0.39, 0.29) is 44.7 Å². The summed E-state index contributed by atoms with van der Waals surface area (Å²) in [5, 5.41) is 19.3. The highest BCUT2D eigenvalue weighted by atomic mass is 19.1. The molecule has 2 aliphatic rings. The van der Waals surface area contributed by atoms with Gasteiger partial charge in [-0.2, -0.15) is 0 Å². The summed E-state index contributed by atoms with van der Waals surface area (Å²) in [5.41, 5.74) is 5.05. The van der Waals surface area contributed by atoms with Crippen molar-refractivity contribution in [3.8, 4) is 28.2 Å². The number of phenolic OH excluding ortho intramolecular Hbond substituents is 1. The maximum atomic E-state index is 14.1. The van der Waals surface area contributed by atoms with Gasteiger partial charge in [0.1, 0.15) is 11.3 Å². The van der Waals surface area contributed by atoms with Gasteiger partial charge in [0.15, 0.2) is 17.4 Å². The van der Waals surface area contributed by atoms with Crippen molar-refractivity contribution in [1.29, 1.82) is 0 Å². The van der Waals surface area contributed by atoms with Crippen molar-refractivity contribution in [2.75, 3.05) is 5.73 Å². The second-order valence-electron chi connectivity index (χ2n) is 6.17. The molecule has 0 bridgehead atoms. The molecule has 2 aromatic carbocycles. The number of fused-ring (bicyclic) bond motifs is 2. The van der Waals surface area contributed by atoms with Gasteiger partial charge in [-0.3, -0.25) is 4.79 Å². The van der Waals surface area contributed by atoms with Crippen LogP contribution in [0.2, 0.25) is 0 Å². The van der Waals surface area contributed by atoms with Gasteiger partial charge >= 0.3 is 5.97 Å². The standard InChI is InChI=1S/C20H11F2NO5/c21-13-4-11-17(6-15(13)24)28-18-7-16(25)14(22)5-12(18)19(11)9-2-1-8(23)3-10(9)20(26)27/h1-7,24H,23H2,(H,26,27). The normalized spacial score (nSPS) is 11.2. The number of aromatic carboxylic acids is 1. The number of halogens is 2. The summed E-state index contributed by atoms with van der Waals surface area (Å²) in [5.74, 6) is -4.09. The second-order valence-corrected chi connectivity index (χ2v) is 6.17. The highest BCUT2D eigenvalue weighted by Gasteiger charge is 2.24. The highest BCUT2D eigenvalue weighted by molar-refractivity contribution is 6.08. The molecule has 0 amide bonds. The number of benzene rings is 3. The van der Waals surface area contributed by atoms with Crippen molar-refractivity contribution in [3.63, 3.8) is 0 Å². The molecule has 8 heteroatoms.